The number of likely N-dealkylation sites (tertiary alicyclic amines) is 1. The van der Waals surface area contributed by atoms with Gasteiger partial charge in [0, 0.05) is 37.0 Å². The van der Waals surface area contributed by atoms with Crippen molar-refractivity contribution in [2.45, 2.75) is 38.3 Å². The van der Waals surface area contributed by atoms with E-state index in [9.17, 15) is 4.79 Å². The molecule has 6 nitrogen and oxygen atoms in total. The van der Waals surface area contributed by atoms with Gasteiger partial charge < -0.3 is 19.9 Å². The van der Waals surface area contributed by atoms with Gasteiger partial charge in [0.1, 0.15) is 11.6 Å². The summed E-state index contributed by atoms with van der Waals surface area (Å²) in [5, 5.41) is 4.18. The van der Waals surface area contributed by atoms with Crippen LogP contribution in [-0.4, -0.2) is 47.0 Å². The Morgan fingerprint density at radius 2 is 2.20 bits per heavy atom. The number of ether oxygens (including phenoxy) is 1. The lowest BCUT2D eigenvalue weighted by Crippen LogP contribution is -2.36. The number of halogens is 1. The highest BCUT2D eigenvalue weighted by molar-refractivity contribution is 6.31. The number of carbonyl (C=O) groups excluding carboxylic acids is 1. The minimum Gasteiger partial charge on any atom is -0.497 e. The molecule has 0 aliphatic carbocycles. The molecule has 7 heteroatoms. The number of fused-ring (bicyclic) bond motifs is 1. The first-order valence-corrected chi connectivity index (χ1v) is 10.8. The van der Waals surface area contributed by atoms with Crippen LogP contribution >= 0.6 is 11.6 Å². The Labute approximate surface area is 181 Å². The van der Waals surface area contributed by atoms with E-state index in [1.165, 1.54) is 5.56 Å². The number of aromatic nitrogens is 2. The van der Waals surface area contributed by atoms with Crippen LogP contribution < -0.4 is 10.1 Å². The predicted molar refractivity (Wildman–Crippen MR) is 119 cm³/mol. The first-order chi connectivity index (χ1) is 14.6. The third kappa shape index (κ3) is 4.94. The largest absolute Gasteiger partial charge is 0.497 e. The van der Waals surface area contributed by atoms with Crippen molar-refractivity contribution >= 4 is 28.5 Å². The molecule has 158 valence electrons. The van der Waals surface area contributed by atoms with Crippen LogP contribution in [0.25, 0.3) is 11.0 Å². The first kappa shape index (κ1) is 20.7. The number of hydrogen-bond acceptors (Lipinski definition) is 4. The second kappa shape index (κ2) is 9.49. The van der Waals surface area contributed by atoms with Gasteiger partial charge in [0.05, 0.1) is 18.1 Å². The van der Waals surface area contributed by atoms with Gasteiger partial charge in [-0.15, -0.1) is 0 Å². The van der Waals surface area contributed by atoms with Crippen LogP contribution in [0, 0.1) is 0 Å². The van der Waals surface area contributed by atoms with Crippen molar-refractivity contribution in [1.82, 2.24) is 20.2 Å². The summed E-state index contributed by atoms with van der Waals surface area (Å²) in [6, 6.07) is 14.0. The highest BCUT2D eigenvalue weighted by Gasteiger charge is 2.30. The average Bonchev–Trinajstić information content (AvgIpc) is 3.32. The standard InChI is InChI=1S/C23H27ClN4O2/c1-30-19-4-2-3-16(13-19)15-25-11-9-18-6-8-23(29)28(18)12-10-22-26-20-7-5-17(24)14-21(20)27-22/h2-5,7,13-14,18,25H,6,8-12,15H2,1H3,(H,26,27). The Morgan fingerprint density at radius 3 is 3.07 bits per heavy atom. The van der Waals surface area contributed by atoms with Gasteiger partial charge in [-0.1, -0.05) is 23.7 Å². The normalized spacial score (nSPS) is 16.5. The van der Waals surface area contributed by atoms with Crippen molar-refractivity contribution in [3.05, 3.63) is 58.9 Å². The molecule has 0 radical (unpaired) electrons. The zero-order valence-corrected chi connectivity index (χ0v) is 17.9. The second-order valence-corrected chi connectivity index (χ2v) is 8.13. The Hall–Kier alpha value is -2.57. The maximum Gasteiger partial charge on any atom is 0.222 e. The van der Waals surface area contributed by atoms with E-state index < -0.39 is 0 Å². The van der Waals surface area contributed by atoms with Gasteiger partial charge in [0.2, 0.25) is 5.91 Å². The van der Waals surface area contributed by atoms with Crippen LogP contribution in [0.1, 0.15) is 30.7 Å². The fraction of sp³-hybridized carbons (Fsp3) is 0.391. The number of rotatable bonds is 9. The van der Waals surface area contributed by atoms with Gasteiger partial charge in [0.15, 0.2) is 0 Å². The number of carbonyl (C=O) groups is 1. The van der Waals surface area contributed by atoms with Crippen LogP contribution in [0.5, 0.6) is 5.75 Å². The molecule has 1 aliphatic heterocycles. The van der Waals surface area contributed by atoms with Crippen LogP contribution in [-0.2, 0) is 17.8 Å². The summed E-state index contributed by atoms with van der Waals surface area (Å²) in [5.74, 6) is 2.00. The summed E-state index contributed by atoms with van der Waals surface area (Å²) < 4.78 is 5.27. The Morgan fingerprint density at radius 1 is 1.30 bits per heavy atom. The Balaban J connectivity index is 1.27. The summed E-state index contributed by atoms with van der Waals surface area (Å²) in [5.41, 5.74) is 3.03. The monoisotopic (exact) mass is 426 g/mol. The zero-order valence-electron chi connectivity index (χ0n) is 17.2. The molecule has 0 saturated carbocycles. The van der Waals surface area contributed by atoms with E-state index in [-0.39, 0.29) is 11.9 Å². The average molecular weight is 427 g/mol. The van der Waals surface area contributed by atoms with Crippen molar-refractivity contribution in [1.29, 1.82) is 0 Å². The van der Waals surface area contributed by atoms with Crippen LogP contribution in [0.15, 0.2) is 42.5 Å². The molecule has 4 rings (SSSR count). The van der Waals surface area contributed by atoms with E-state index in [2.05, 4.69) is 21.4 Å². The molecule has 1 atom stereocenters. The maximum atomic E-state index is 12.4. The fourth-order valence-corrected chi connectivity index (χ4v) is 4.24. The van der Waals surface area contributed by atoms with E-state index in [1.807, 2.05) is 41.3 Å². The molecule has 1 saturated heterocycles. The molecule has 1 aliphatic rings. The molecule has 30 heavy (non-hydrogen) atoms. The van der Waals surface area contributed by atoms with Gasteiger partial charge >= 0.3 is 0 Å². The van der Waals surface area contributed by atoms with Gasteiger partial charge in [-0.3, -0.25) is 4.79 Å². The minimum absolute atomic E-state index is 0.243. The van der Waals surface area contributed by atoms with E-state index in [0.717, 1.165) is 48.5 Å². The SMILES string of the molecule is COc1cccc(CNCCC2CCC(=O)N2CCc2nc3ccc(Cl)cc3[nH]2)c1. The lowest BCUT2D eigenvalue weighted by atomic mass is 10.1. The van der Waals surface area contributed by atoms with Gasteiger partial charge in [-0.2, -0.15) is 0 Å². The summed E-state index contributed by atoms with van der Waals surface area (Å²) >= 11 is 6.05. The summed E-state index contributed by atoms with van der Waals surface area (Å²) in [6.45, 7) is 2.35. The topological polar surface area (TPSA) is 70.2 Å². The molecule has 2 N–H and O–H groups in total. The summed E-state index contributed by atoms with van der Waals surface area (Å²) in [7, 11) is 1.68. The van der Waals surface area contributed by atoms with Gasteiger partial charge in [-0.05, 0) is 55.3 Å². The minimum atomic E-state index is 0.243. The van der Waals surface area contributed by atoms with E-state index in [0.29, 0.717) is 24.4 Å². The summed E-state index contributed by atoms with van der Waals surface area (Å²) in [6.07, 6.45) is 3.23. The molecule has 1 amide bonds. The maximum absolute atomic E-state index is 12.4. The molecule has 3 aromatic rings. The van der Waals surface area contributed by atoms with E-state index in [1.54, 1.807) is 7.11 Å². The summed E-state index contributed by atoms with van der Waals surface area (Å²) in [4.78, 5) is 22.3. The molecule has 0 spiro atoms. The molecule has 1 fully saturated rings. The predicted octanol–water partition coefficient (Wildman–Crippen LogP) is 3.94. The van der Waals surface area contributed by atoms with E-state index in [4.69, 9.17) is 16.3 Å². The number of methoxy groups -OCH3 is 1. The van der Waals surface area contributed by atoms with Crippen molar-refractivity contribution in [2.75, 3.05) is 20.2 Å². The number of H-pyrrole nitrogens is 1. The molecular weight excluding hydrogens is 400 g/mol. The molecule has 2 aromatic carbocycles. The lowest BCUT2D eigenvalue weighted by molar-refractivity contribution is -0.129. The highest BCUT2D eigenvalue weighted by Crippen LogP contribution is 2.22. The Kier molecular flexibility index (Phi) is 6.55. The first-order valence-electron chi connectivity index (χ1n) is 10.4. The number of aromatic amines is 1. The van der Waals surface area contributed by atoms with Crippen LogP contribution in [0.2, 0.25) is 5.02 Å². The van der Waals surface area contributed by atoms with Crippen LogP contribution in [0.4, 0.5) is 0 Å². The fourth-order valence-electron chi connectivity index (χ4n) is 4.06. The lowest BCUT2D eigenvalue weighted by Gasteiger charge is -2.24. The molecule has 2 heterocycles. The van der Waals surface area contributed by atoms with Crippen molar-refractivity contribution in [3.63, 3.8) is 0 Å². The van der Waals surface area contributed by atoms with Gasteiger partial charge in [-0.25, -0.2) is 4.98 Å². The number of amides is 1. The Bertz CT molecular complexity index is 1020. The molecule has 0 bridgehead atoms. The van der Waals surface area contributed by atoms with Crippen molar-refractivity contribution in [3.8, 4) is 5.75 Å². The smallest absolute Gasteiger partial charge is 0.222 e. The van der Waals surface area contributed by atoms with Crippen molar-refractivity contribution < 1.29 is 9.53 Å². The van der Waals surface area contributed by atoms with Crippen molar-refractivity contribution in [2.24, 2.45) is 0 Å². The zero-order chi connectivity index (χ0) is 20.9. The quantitative estimate of drug-likeness (QED) is 0.508. The third-order valence-electron chi connectivity index (χ3n) is 5.65. The number of nitrogens with zero attached hydrogens (tertiary/aromatic N) is 2. The van der Waals surface area contributed by atoms with Gasteiger partial charge in [0.25, 0.3) is 0 Å². The highest BCUT2D eigenvalue weighted by atomic mass is 35.5. The molecular formula is C23H27ClN4O2. The third-order valence-corrected chi connectivity index (χ3v) is 5.89. The number of imidazole rings is 1. The molecule has 1 aromatic heterocycles. The number of benzene rings is 2. The number of hydrogen-bond donors (Lipinski definition) is 2. The molecule has 1 unspecified atom stereocenters. The number of nitrogens with one attached hydrogen (secondary N) is 2. The van der Waals surface area contributed by atoms with Crippen LogP contribution in [0.3, 0.4) is 0 Å². The second-order valence-electron chi connectivity index (χ2n) is 7.69. The van der Waals surface area contributed by atoms with E-state index >= 15 is 0 Å².